The molecule has 20 heavy (non-hydrogen) atoms. The number of esters is 1. The average Bonchev–Trinajstić information content (AvgIpc) is 2.44. The van der Waals surface area contributed by atoms with Gasteiger partial charge in [-0.2, -0.15) is 0 Å². The minimum Gasteiger partial charge on any atom is -0.467 e. The van der Waals surface area contributed by atoms with Crippen LogP contribution >= 0.6 is 0 Å². The number of carbonyl (C=O) groups excluding carboxylic acids is 2. The van der Waals surface area contributed by atoms with Crippen molar-refractivity contribution in [2.75, 3.05) is 20.2 Å². The smallest absolute Gasteiger partial charge is 0.328 e. The van der Waals surface area contributed by atoms with E-state index in [0.717, 1.165) is 25.9 Å². The molecular weight excluding hydrogens is 256 g/mol. The van der Waals surface area contributed by atoms with Gasteiger partial charge in [0.05, 0.1) is 7.11 Å². The fraction of sp³-hybridized carbons (Fsp3) is 0.867. The van der Waals surface area contributed by atoms with Crippen LogP contribution in [0.25, 0.3) is 0 Å². The molecule has 1 heterocycles. The first kappa shape index (κ1) is 17.0. The van der Waals surface area contributed by atoms with E-state index < -0.39 is 11.5 Å². The molecule has 5 nitrogen and oxygen atoms in total. The lowest BCUT2D eigenvalue weighted by atomic mass is 9.74. The lowest BCUT2D eigenvalue weighted by molar-refractivity contribution is -0.148. The maximum atomic E-state index is 12.6. The van der Waals surface area contributed by atoms with E-state index in [0.29, 0.717) is 5.92 Å². The summed E-state index contributed by atoms with van der Waals surface area (Å²) in [6, 6.07) is -0.580. The number of nitrogens with one attached hydrogen (secondary N) is 2. The maximum absolute atomic E-state index is 12.6. The molecule has 1 amide bonds. The van der Waals surface area contributed by atoms with Gasteiger partial charge < -0.3 is 15.4 Å². The van der Waals surface area contributed by atoms with Gasteiger partial charge in [0.2, 0.25) is 5.91 Å². The molecule has 0 saturated carbocycles. The van der Waals surface area contributed by atoms with Crippen molar-refractivity contribution in [1.82, 2.24) is 10.6 Å². The molecule has 1 aliphatic rings. The lowest BCUT2D eigenvalue weighted by Crippen LogP contribution is -2.53. The van der Waals surface area contributed by atoms with Crippen LogP contribution in [0.15, 0.2) is 0 Å². The molecule has 2 atom stereocenters. The van der Waals surface area contributed by atoms with Crippen LogP contribution in [-0.4, -0.2) is 38.1 Å². The minimum absolute atomic E-state index is 0.00619. The lowest BCUT2D eigenvalue weighted by Gasteiger charge is -2.37. The molecule has 0 radical (unpaired) electrons. The summed E-state index contributed by atoms with van der Waals surface area (Å²) in [6.45, 7) is 9.58. The number of piperidine rings is 1. The van der Waals surface area contributed by atoms with Crippen LogP contribution in [0.3, 0.4) is 0 Å². The van der Waals surface area contributed by atoms with Crippen LogP contribution in [0.2, 0.25) is 0 Å². The van der Waals surface area contributed by atoms with Crippen LogP contribution in [0.4, 0.5) is 0 Å². The van der Waals surface area contributed by atoms with E-state index in [-0.39, 0.29) is 17.8 Å². The van der Waals surface area contributed by atoms with Crippen molar-refractivity contribution in [3.8, 4) is 0 Å². The van der Waals surface area contributed by atoms with E-state index in [1.165, 1.54) is 7.11 Å². The highest BCUT2D eigenvalue weighted by atomic mass is 16.5. The second-order valence-corrected chi connectivity index (χ2v) is 6.48. The molecule has 5 heteroatoms. The predicted octanol–water partition coefficient (Wildman–Crippen LogP) is 1.33. The second kappa shape index (κ2) is 7.07. The number of hydrogen-bond donors (Lipinski definition) is 2. The zero-order valence-corrected chi connectivity index (χ0v) is 13.3. The molecule has 0 aromatic rings. The van der Waals surface area contributed by atoms with E-state index in [1.807, 2.05) is 27.7 Å². The van der Waals surface area contributed by atoms with Crippen molar-refractivity contribution in [3.63, 3.8) is 0 Å². The summed E-state index contributed by atoms with van der Waals surface area (Å²) in [4.78, 5) is 24.3. The molecule has 1 aliphatic heterocycles. The number of hydrogen-bond acceptors (Lipinski definition) is 4. The number of rotatable bonds is 5. The first-order valence-corrected chi connectivity index (χ1v) is 7.40. The number of ether oxygens (including phenoxy) is 1. The Bertz CT molecular complexity index is 347. The summed E-state index contributed by atoms with van der Waals surface area (Å²) in [6.07, 6.45) is 2.13. The van der Waals surface area contributed by atoms with Crippen LogP contribution in [0.5, 0.6) is 0 Å². The number of methoxy groups -OCH3 is 1. The quantitative estimate of drug-likeness (QED) is 0.747. The molecule has 2 N–H and O–H groups in total. The van der Waals surface area contributed by atoms with E-state index >= 15 is 0 Å². The summed E-state index contributed by atoms with van der Waals surface area (Å²) in [5.41, 5.74) is -0.491. The molecule has 0 spiro atoms. The van der Waals surface area contributed by atoms with Gasteiger partial charge in [-0.05, 0) is 37.8 Å². The van der Waals surface area contributed by atoms with E-state index in [9.17, 15) is 9.59 Å². The van der Waals surface area contributed by atoms with Gasteiger partial charge in [-0.1, -0.05) is 27.7 Å². The standard InChI is InChI=1S/C15H28N2O3/c1-10(2)12(13(18)20-5)17-14(19)15(3,4)11-7-6-8-16-9-11/h10-12,16H,6-9H2,1-5H3,(H,17,19)/t11?,12-/m0/s1. The normalized spacial score (nSPS) is 21.4. The van der Waals surface area contributed by atoms with Gasteiger partial charge >= 0.3 is 5.97 Å². The Morgan fingerprint density at radius 2 is 2.00 bits per heavy atom. The second-order valence-electron chi connectivity index (χ2n) is 6.48. The van der Waals surface area contributed by atoms with E-state index in [1.54, 1.807) is 0 Å². The molecular formula is C15H28N2O3. The van der Waals surface area contributed by atoms with Gasteiger partial charge in [-0.3, -0.25) is 4.79 Å². The predicted molar refractivity (Wildman–Crippen MR) is 78.2 cm³/mol. The van der Waals surface area contributed by atoms with Gasteiger partial charge in [-0.15, -0.1) is 0 Å². The fourth-order valence-electron chi connectivity index (χ4n) is 2.61. The van der Waals surface area contributed by atoms with Gasteiger partial charge in [-0.25, -0.2) is 4.79 Å². The Kier molecular flexibility index (Phi) is 5.99. The molecule has 1 unspecified atom stereocenters. The average molecular weight is 284 g/mol. The Labute approximate surface area is 121 Å². The molecule has 0 aromatic heterocycles. The Balaban J connectivity index is 2.73. The summed E-state index contributed by atoms with van der Waals surface area (Å²) in [5.74, 6) is -0.158. The molecule has 0 aromatic carbocycles. The van der Waals surface area contributed by atoms with Crippen molar-refractivity contribution in [2.45, 2.75) is 46.6 Å². The summed E-state index contributed by atoms with van der Waals surface area (Å²) in [7, 11) is 1.35. The molecule has 1 rings (SSSR count). The Morgan fingerprint density at radius 1 is 1.35 bits per heavy atom. The molecule has 1 fully saturated rings. The van der Waals surface area contributed by atoms with E-state index in [4.69, 9.17) is 4.74 Å². The third-order valence-corrected chi connectivity index (χ3v) is 4.31. The monoisotopic (exact) mass is 284 g/mol. The first-order chi connectivity index (χ1) is 9.30. The van der Waals surface area contributed by atoms with Crippen molar-refractivity contribution >= 4 is 11.9 Å². The van der Waals surface area contributed by atoms with Crippen LogP contribution in [0, 0.1) is 17.3 Å². The van der Waals surface area contributed by atoms with Crippen molar-refractivity contribution in [1.29, 1.82) is 0 Å². The minimum atomic E-state index is -0.580. The highest BCUT2D eigenvalue weighted by Gasteiger charge is 2.39. The van der Waals surface area contributed by atoms with Crippen molar-refractivity contribution < 1.29 is 14.3 Å². The van der Waals surface area contributed by atoms with E-state index in [2.05, 4.69) is 10.6 Å². The summed E-state index contributed by atoms with van der Waals surface area (Å²) in [5, 5.41) is 6.20. The third kappa shape index (κ3) is 3.95. The number of amides is 1. The highest BCUT2D eigenvalue weighted by Crippen LogP contribution is 2.32. The Hall–Kier alpha value is -1.10. The van der Waals surface area contributed by atoms with Gasteiger partial charge in [0.25, 0.3) is 0 Å². The topological polar surface area (TPSA) is 67.4 Å². The van der Waals surface area contributed by atoms with Gasteiger partial charge in [0, 0.05) is 5.41 Å². The molecule has 0 aliphatic carbocycles. The van der Waals surface area contributed by atoms with Crippen molar-refractivity contribution in [3.05, 3.63) is 0 Å². The largest absolute Gasteiger partial charge is 0.467 e. The zero-order chi connectivity index (χ0) is 15.3. The van der Waals surface area contributed by atoms with Crippen molar-refractivity contribution in [2.24, 2.45) is 17.3 Å². The summed E-state index contributed by atoms with van der Waals surface area (Å²) >= 11 is 0. The fourth-order valence-corrected chi connectivity index (χ4v) is 2.61. The SMILES string of the molecule is COC(=O)[C@@H](NC(=O)C(C)(C)C1CCCNC1)C(C)C. The zero-order valence-electron chi connectivity index (χ0n) is 13.3. The van der Waals surface area contributed by atoms with Gasteiger partial charge in [0.1, 0.15) is 6.04 Å². The highest BCUT2D eigenvalue weighted by molar-refractivity contribution is 5.87. The van der Waals surface area contributed by atoms with Crippen LogP contribution in [-0.2, 0) is 14.3 Å². The third-order valence-electron chi connectivity index (χ3n) is 4.31. The molecule has 1 saturated heterocycles. The number of carbonyl (C=O) groups is 2. The Morgan fingerprint density at radius 3 is 2.45 bits per heavy atom. The van der Waals surface area contributed by atoms with Crippen LogP contribution in [0.1, 0.15) is 40.5 Å². The van der Waals surface area contributed by atoms with Crippen LogP contribution < -0.4 is 10.6 Å². The summed E-state index contributed by atoms with van der Waals surface area (Å²) < 4.78 is 4.77. The molecule has 116 valence electrons. The van der Waals surface area contributed by atoms with Gasteiger partial charge in [0.15, 0.2) is 0 Å². The maximum Gasteiger partial charge on any atom is 0.328 e. The molecule has 0 bridgehead atoms. The first-order valence-electron chi connectivity index (χ1n) is 7.40.